The molecule has 3 aromatic heterocycles. The number of aromatic nitrogens is 2. The summed E-state index contributed by atoms with van der Waals surface area (Å²) in [5.74, 6) is 0.104. The summed E-state index contributed by atoms with van der Waals surface area (Å²) in [5.41, 5.74) is 3.85. The highest BCUT2D eigenvalue weighted by Gasteiger charge is 2.35. The average molecular weight is 617 g/mol. The number of fused-ring (bicyclic) bond motifs is 4. The third kappa shape index (κ3) is 5.69. The molecule has 1 N–H and O–H groups in total. The van der Waals surface area contributed by atoms with Gasteiger partial charge in [-0.3, -0.25) is 19.4 Å². The molecule has 2 aliphatic rings. The predicted molar refractivity (Wildman–Crippen MR) is 159 cm³/mol. The van der Waals surface area contributed by atoms with Crippen LogP contribution in [0.5, 0.6) is 0 Å². The lowest BCUT2D eigenvalue weighted by Crippen LogP contribution is -2.47. The smallest absolute Gasteiger partial charge is 0.291 e. The number of piperidine rings is 1. The van der Waals surface area contributed by atoms with Crippen LogP contribution < -0.4 is 15.8 Å². The van der Waals surface area contributed by atoms with Crippen molar-refractivity contribution in [3.05, 3.63) is 111 Å². The van der Waals surface area contributed by atoms with Gasteiger partial charge < -0.3 is 24.1 Å². The van der Waals surface area contributed by atoms with E-state index in [9.17, 15) is 14.4 Å². The van der Waals surface area contributed by atoms with Gasteiger partial charge in [0.25, 0.3) is 17.4 Å². The Hall–Kier alpha value is -4.18. The van der Waals surface area contributed by atoms with E-state index in [1.807, 2.05) is 47.0 Å². The van der Waals surface area contributed by atoms with Crippen molar-refractivity contribution in [2.45, 2.75) is 25.3 Å². The zero-order chi connectivity index (χ0) is 28.5. The van der Waals surface area contributed by atoms with Crippen LogP contribution in [-0.2, 0) is 13.0 Å². The number of anilines is 2. The van der Waals surface area contributed by atoms with E-state index >= 15 is 0 Å². The van der Waals surface area contributed by atoms with Gasteiger partial charge in [-0.15, -0.1) is 0 Å². The van der Waals surface area contributed by atoms with Gasteiger partial charge in [-0.1, -0.05) is 12.1 Å². The number of furan rings is 1. The van der Waals surface area contributed by atoms with E-state index in [4.69, 9.17) is 4.42 Å². The Kier molecular flexibility index (Phi) is 7.49. The number of halogens is 1. The lowest BCUT2D eigenvalue weighted by atomic mass is 9.83. The Labute approximate surface area is 245 Å². The van der Waals surface area contributed by atoms with Crippen molar-refractivity contribution >= 4 is 39.1 Å². The van der Waals surface area contributed by atoms with Gasteiger partial charge in [0, 0.05) is 74.8 Å². The maximum Gasteiger partial charge on any atom is 0.291 e. The van der Waals surface area contributed by atoms with E-state index < -0.39 is 5.91 Å². The molecule has 1 saturated heterocycles. The van der Waals surface area contributed by atoms with Crippen molar-refractivity contribution in [1.29, 1.82) is 0 Å². The predicted octanol–water partition coefficient (Wildman–Crippen LogP) is 4.79. The van der Waals surface area contributed by atoms with Gasteiger partial charge in [0.05, 0.1) is 11.4 Å². The van der Waals surface area contributed by atoms with Crippen LogP contribution in [0.15, 0.2) is 86.8 Å². The third-order valence-electron chi connectivity index (χ3n) is 7.89. The van der Waals surface area contributed by atoms with Crippen LogP contribution in [0.3, 0.4) is 0 Å². The van der Waals surface area contributed by atoms with E-state index in [2.05, 4.69) is 31.1 Å². The molecule has 0 spiro atoms. The molecule has 5 heterocycles. The second-order valence-corrected chi connectivity index (χ2v) is 11.5. The highest BCUT2D eigenvalue weighted by Crippen LogP contribution is 2.39. The second-order valence-electron chi connectivity index (χ2n) is 10.7. The number of benzene rings is 1. The standard InChI is InChI=1S/C31H30BrN5O4/c1-35(14-12-23-5-2-3-13-33-23)31(40)21-8-9-26(24(16-21)34-30(39)27-10-11-28(32)41-27)36-17-20-15-22(19-36)25-6-4-7-29(38)37(25)18-20/h2-11,13,16,20,22H,12,14-15,17-19H2,1H3,(H,34,39). The summed E-state index contributed by atoms with van der Waals surface area (Å²) in [6.45, 7) is 2.62. The Morgan fingerprint density at radius 1 is 1.07 bits per heavy atom. The maximum absolute atomic E-state index is 13.4. The van der Waals surface area contributed by atoms with E-state index in [0.29, 0.717) is 47.9 Å². The van der Waals surface area contributed by atoms with Gasteiger partial charge in [-0.2, -0.15) is 0 Å². The van der Waals surface area contributed by atoms with Crippen molar-refractivity contribution in [1.82, 2.24) is 14.5 Å². The van der Waals surface area contributed by atoms with Crippen LogP contribution in [0, 0.1) is 5.92 Å². The Morgan fingerprint density at radius 3 is 2.73 bits per heavy atom. The van der Waals surface area contributed by atoms with Gasteiger partial charge in [-0.25, -0.2) is 0 Å². The molecule has 210 valence electrons. The first-order valence-corrected chi connectivity index (χ1v) is 14.5. The molecule has 10 heteroatoms. The monoisotopic (exact) mass is 615 g/mol. The van der Waals surface area contributed by atoms with Crippen LogP contribution in [0.2, 0.25) is 0 Å². The van der Waals surface area contributed by atoms with E-state index in [1.54, 1.807) is 42.4 Å². The Morgan fingerprint density at radius 2 is 1.95 bits per heavy atom. The fourth-order valence-corrected chi connectivity index (χ4v) is 6.22. The molecular formula is C31H30BrN5O4. The molecule has 9 nitrogen and oxygen atoms in total. The molecule has 41 heavy (non-hydrogen) atoms. The minimum absolute atomic E-state index is 0.0400. The van der Waals surface area contributed by atoms with E-state index in [-0.39, 0.29) is 23.1 Å². The second kappa shape index (κ2) is 11.4. The van der Waals surface area contributed by atoms with E-state index in [0.717, 1.165) is 30.0 Å². The SMILES string of the molecule is CN(CCc1ccccn1)C(=O)c1ccc(N2CC3CC(C2)c2cccc(=O)n2C3)c(NC(=O)c2ccc(Br)o2)c1. The van der Waals surface area contributed by atoms with Crippen LogP contribution in [-0.4, -0.2) is 52.9 Å². The van der Waals surface area contributed by atoms with Gasteiger partial charge in [0.2, 0.25) is 0 Å². The van der Waals surface area contributed by atoms with Gasteiger partial charge in [0.15, 0.2) is 10.4 Å². The molecule has 6 rings (SSSR count). The quantitative estimate of drug-likeness (QED) is 0.321. The fourth-order valence-electron chi connectivity index (χ4n) is 5.91. The first kappa shape index (κ1) is 27.0. The lowest BCUT2D eigenvalue weighted by Gasteiger charge is -2.44. The summed E-state index contributed by atoms with van der Waals surface area (Å²) in [6, 6.07) is 19.9. The minimum atomic E-state index is -0.404. The van der Waals surface area contributed by atoms with Crippen LogP contribution in [0.1, 0.15) is 44.6 Å². The van der Waals surface area contributed by atoms with Crippen molar-refractivity contribution in [3.63, 3.8) is 0 Å². The van der Waals surface area contributed by atoms with Crippen LogP contribution >= 0.6 is 15.9 Å². The zero-order valence-electron chi connectivity index (χ0n) is 22.6. The first-order chi connectivity index (χ1) is 19.9. The molecule has 1 fully saturated rings. The summed E-state index contributed by atoms with van der Waals surface area (Å²) in [7, 11) is 1.77. The number of likely N-dealkylation sites (N-methyl/N-ethyl adjacent to an activating group) is 1. The molecule has 2 unspecified atom stereocenters. The number of carbonyl (C=O) groups excluding carboxylic acids is 2. The van der Waals surface area contributed by atoms with Crippen molar-refractivity contribution in [2.75, 3.05) is 36.9 Å². The number of hydrogen-bond donors (Lipinski definition) is 1. The topological polar surface area (TPSA) is 101 Å². The van der Waals surface area contributed by atoms with Crippen LogP contribution in [0.4, 0.5) is 11.4 Å². The fraction of sp³-hybridized carbons (Fsp3) is 0.290. The van der Waals surface area contributed by atoms with Gasteiger partial charge in [0.1, 0.15) is 0 Å². The number of amides is 2. The number of rotatable bonds is 7. The largest absolute Gasteiger partial charge is 0.444 e. The summed E-state index contributed by atoms with van der Waals surface area (Å²) < 4.78 is 7.84. The highest BCUT2D eigenvalue weighted by molar-refractivity contribution is 9.10. The summed E-state index contributed by atoms with van der Waals surface area (Å²) >= 11 is 3.25. The molecule has 0 aliphatic carbocycles. The normalized spacial score (nSPS) is 17.6. The van der Waals surface area contributed by atoms with Crippen molar-refractivity contribution in [3.8, 4) is 0 Å². The summed E-state index contributed by atoms with van der Waals surface area (Å²) in [4.78, 5) is 47.3. The molecule has 2 amide bonds. The molecular weight excluding hydrogens is 586 g/mol. The van der Waals surface area contributed by atoms with E-state index in [1.165, 1.54) is 0 Å². The summed E-state index contributed by atoms with van der Waals surface area (Å²) in [5, 5.41) is 2.99. The third-order valence-corrected chi connectivity index (χ3v) is 8.31. The molecule has 4 aromatic rings. The van der Waals surface area contributed by atoms with Gasteiger partial charge >= 0.3 is 0 Å². The summed E-state index contributed by atoms with van der Waals surface area (Å²) in [6.07, 6.45) is 3.40. The number of hydrogen-bond acceptors (Lipinski definition) is 6. The lowest BCUT2D eigenvalue weighted by molar-refractivity contribution is 0.0796. The molecule has 0 saturated carbocycles. The first-order valence-electron chi connectivity index (χ1n) is 13.7. The molecule has 2 bridgehead atoms. The van der Waals surface area contributed by atoms with Crippen molar-refractivity contribution in [2.24, 2.45) is 5.92 Å². The average Bonchev–Trinajstić information content (AvgIpc) is 3.43. The Balaban J connectivity index is 1.28. The maximum atomic E-state index is 13.4. The Bertz CT molecular complexity index is 1650. The molecule has 1 aromatic carbocycles. The number of carbonyl (C=O) groups is 2. The molecule has 2 atom stereocenters. The highest BCUT2D eigenvalue weighted by atomic mass is 79.9. The van der Waals surface area contributed by atoms with Crippen LogP contribution in [0.25, 0.3) is 0 Å². The number of nitrogens with zero attached hydrogens (tertiary/aromatic N) is 4. The molecule has 2 aliphatic heterocycles. The zero-order valence-corrected chi connectivity index (χ0v) is 24.2. The van der Waals surface area contributed by atoms with Gasteiger partial charge in [-0.05, 0) is 76.8 Å². The van der Waals surface area contributed by atoms with Crippen molar-refractivity contribution < 1.29 is 14.0 Å². The minimum Gasteiger partial charge on any atom is -0.444 e. The number of pyridine rings is 2. The number of nitrogens with one attached hydrogen (secondary N) is 1. The molecule has 0 radical (unpaired) electrons.